The van der Waals surface area contributed by atoms with E-state index in [0.29, 0.717) is 24.4 Å². The number of aromatic nitrogens is 2. The Morgan fingerprint density at radius 1 is 1.03 bits per heavy atom. The number of hydrogen-bond acceptors (Lipinski definition) is 3. The fourth-order valence-corrected chi connectivity index (χ4v) is 5.14. The number of nitrogens with zero attached hydrogens (tertiary/aromatic N) is 4. The molecule has 2 aromatic carbocycles. The largest absolute Gasteiger partial charge is 0.338 e. The lowest BCUT2D eigenvalue weighted by Crippen LogP contribution is -2.33. The second-order valence-corrected chi connectivity index (χ2v) is 8.33. The molecule has 0 bridgehead atoms. The zero-order valence-corrected chi connectivity index (χ0v) is 16.7. The molecule has 2 aliphatic rings. The van der Waals surface area contributed by atoms with Crippen LogP contribution in [0.1, 0.15) is 27.5 Å². The number of benzene rings is 2. The highest BCUT2D eigenvalue weighted by atomic mass is 16.2. The Bertz CT molecular complexity index is 985. The molecule has 29 heavy (non-hydrogen) atoms. The first-order valence-electron chi connectivity index (χ1n) is 10.3. The van der Waals surface area contributed by atoms with Gasteiger partial charge in [0.15, 0.2) is 0 Å². The summed E-state index contributed by atoms with van der Waals surface area (Å²) in [7, 11) is 2.21. The van der Waals surface area contributed by atoms with E-state index in [0.717, 1.165) is 30.8 Å². The summed E-state index contributed by atoms with van der Waals surface area (Å²) in [4.78, 5) is 17.8. The average Bonchev–Trinajstić information content (AvgIpc) is 3.45. The van der Waals surface area contributed by atoms with E-state index < -0.39 is 0 Å². The molecule has 3 atom stereocenters. The van der Waals surface area contributed by atoms with E-state index >= 15 is 0 Å². The van der Waals surface area contributed by atoms with Crippen LogP contribution in [0.25, 0.3) is 0 Å². The van der Waals surface area contributed by atoms with Crippen molar-refractivity contribution in [2.45, 2.75) is 12.6 Å². The van der Waals surface area contributed by atoms with E-state index in [1.807, 2.05) is 35.1 Å². The van der Waals surface area contributed by atoms with Gasteiger partial charge in [-0.1, -0.05) is 42.5 Å². The molecule has 5 heteroatoms. The number of rotatable bonds is 4. The minimum Gasteiger partial charge on any atom is -0.338 e. The topological polar surface area (TPSA) is 41.4 Å². The fraction of sp³-hybridized carbons (Fsp3) is 0.333. The van der Waals surface area contributed by atoms with Crippen LogP contribution in [-0.2, 0) is 6.54 Å². The lowest BCUT2D eigenvalue weighted by Gasteiger charge is -2.27. The monoisotopic (exact) mass is 386 g/mol. The van der Waals surface area contributed by atoms with Gasteiger partial charge < -0.3 is 4.90 Å². The van der Waals surface area contributed by atoms with Crippen molar-refractivity contribution in [1.29, 1.82) is 0 Å². The van der Waals surface area contributed by atoms with E-state index in [4.69, 9.17) is 0 Å². The molecule has 0 aliphatic carbocycles. The van der Waals surface area contributed by atoms with Crippen molar-refractivity contribution in [2.24, 2.45) is 11.8 Å². The fourth-order valence-electron chi connectivity index (χ4n) is 5.14. The van der Waals surface area contributed by atoms with E-state index in [-0.39, 0.29) is 5.91 Å². The third kappa shape index (κ3) is 3.47. The van der Waals surface area contributed by atoms with Crippen LogP contribution in [0.5, 0.6) is 0 Å². The molecule has 2 saturated heterocycles. The Hall–Kier alpha value is -2.92. The lowest BCUT2D eigenvalue weighted by molar-refractivity contribution is 0.0767. The third-order valence-electron chi connectivity index (χ3n) is 6.40. The van der Waals surface area contributed by atoms with Gasteiger partial charge in [0.1, 0.15) is 0 Å². The van der Waals surface area contributed by atoms with Crippen molar-refractivity contribution in [3.63, 3.8) is 0 Å². The number of hydrogen-bond donors (Lipinski definition) is 0. The first-order valence-corrected chi connectivity index (χ1v) is 10.3. The maximum absolute atomic E-state index is 13.2. The molecule has 2 fully saturated rings. The van der Waals surface area contributed by atoms with Crippen LogP contribution in [0, 0.1) is 11.8 Å². The average molecular weight is 386 g/mol. The number of carbonyl (C=O) groups is 1. The van der Waals surface area contributed by atoms with Crippen molar-refractivity contribution < 1.29 is 4.79 Å². The zero-order chi connectivity index (χ0) is 19.8. The minimum absolute atomic E-state index is 0.149. The van der Waals surface area contributed by atoms with Crippen molar-refractivity contribution in [2.75, 3.05) is 26.7 Å². The molecule has 0 spiro atoms. The van der Waals surface area contributed by atoms with E-state index in [9.17, 15) is 4.79 Å². The molecule has 0 unspecified atom stereocenters. The molecular weight excluding hydrogens is 360 g/mol. The van der Waals surface area contributed by atoms with Gasteiger partial charge in [0.05, 0.1) is 6.54 Å². The zero-order valence-electron chi connectivity index (χ0n) is 16.7. The summed E-state index contributed by atoms with van der Waals surface area (Å²) in [6.07, 6.45) is 3.72. The highest BCUT2D eigenvalue weighted by molar-refractivity contribution is 5.94. The highest BCUT2D eigenvalue weighted by Crippen LogP contribution is 2.44. The van der Waals surface area contributed by atoms with Crippen LogP contribution in [0.2, 0.25) is 0 Å². The summed E-state index contributed by atoms with van der Waals surface area (Å²) >= 11 is 0. The molecule has 5 rings (SSSR count). The van der Waals surface area contributed by atoms with Gasteiger partial charge in [-0.2, -0.15) is 5.10 Å². The van der Waals surface area contributed by atoms with Gasteiger partial charge in [-0.3, -0.25) is 14.4 Å². The van der Waals surface area contributed by atoms with E-state index in [1.54, 1.807) is 6.20 Å². The molecule has 1 amide bonds. The maximum Gasteiger partial charge on any atom is 0.253 e. The van der Waals surface area contributed by atoms with E-state index in [1.165, 1.54) is 5.56 Å². The Morgan fingerprint density at radius 2 is 1.90 bits per heavy atom. The van der Waals surface area contributed by atoms with Gasteiger partial charge in [-0.05, 0) is 42.3 Å². The first kappa shape index (κ1) is 18.1. The molecule has 0 saturated carbocycles. The maximum atomic E-state index is 13.2. The van der Waals surface area contributed by atoms with Crippen LogP contribution in [0.3, 0.4) is 0 Å². The molecule has 5 nitrogen and oxygen atoms in total. The third-order valence-corrected chi connectivity index (χ3v) is 6.40. The Labute approximate surface area is 171 Å². The summed E-state index contributed by atoms with van der Waals surface area (Å²) in [6.45, 7) is 3.41. The Balaban J connectivity index is 1.32. The van der Waals surface area contributed by atoms with Crippen molar-refractivity contribution in [3.05, 3.63) is 89.7 Å². The van der Waals surface area contributed by atoms with Crippen LogP contribution in [0.15, 0.2) is 73.1 Å². The Kier molecular flexibility index (Phi) is 4.68. The second kappa shape index (κ2) is 7.48. The van der Waals surface area contributed by atoms with Crippen LogP contribution in [0.4, 0.5) is 0 Å². The SMILES string of the molecule is CN1C[C@H]2CN(C(=O)c3cccc(Cn4cccn4)c3)C[C@H]2[C@@H]1c1ccccc1. The predicted octanol–water partition coefficient (Wildman–Crippen LogP) is 3.31. The molecule has 1 aromatic heterocycles. The number of likely N-dealkylation sites (tertiary alicyclic amines) is 2. The van der Waals surface area contributed by atoms with Crippen LogP contribution in [-0.4, -0.2) is 52.2 Å². The molecule has 2 aliphatic heterocycles. The first-order chi connectivity index (χ1) is 14.2. The van der Waals surface area contributed by atoms with Gasteiger partial charge in [0, 0.05) is 49.6 Å². The second-order valence-electron chi connectivity index (χ2n) is 8.33. The van der Waals surface area contributed by atoms with Crippen molar-refractivity contribution in [1.82, 2.24) is 19.6 Å². The van der Waals surface area contributed by atoms with Gasteiger partial charge in [-0.25, -0.2) is 0 Å². The molecule has 3 aromatic rings. The minimum atomic E-state index is 0.149. The van der Waals surface area contributed by atoms with Crippen LogP contribution >= 0.6 is 0 Å². The van der Waals surface area contributed by atoms with Gasteiger partial charge in [-0.15, -0.1) is 0 Å². The van der Waals surface area contributed by atoms with Crippen LogP contribution < -0.4 is 0 Å². The summed E-state index contributed by atoms with van der Waals surface area (Å²) in [5, 5.41) is 4.26. The summed E-state index contributed by atoms with van der Waals surface area (Å²) in [5.74, 6) is 1.19. The standard InChI is InChI=1S/C24H26N4O/c1-26-15-21-16-27(17-22(21)23(26)19-8-3-2-4-9-19)24(29)20-10-5-7-18(13-20)14-28-12-6-11-25-28/h2-13,21-23H,14-17H2,1H3/t21-,22+,23-/m0/s1. The smallest absolute Gasteiger partial charge is 0.253 e. The molecule has 0 N–H and O–H groups in total. The highest BCUT2D eigenvalue weighted by Gasteiger charge is 2.47. The van der Waals surface area contributed by atoms with Gasteiger partial charge >= 0.3 is 0 Å². The summed E-state index contributed by atoms with van der Waals surface area (Å²) < 4.78 is 1.88. The van der Waals surface area contributed by atoms with Crippen molar-refractivity contribution >= 4 is 5.91 Å². The van der Waals surface area contributed by atoms with Gasteiger partial charge in [0.25, 0.3) is 5.91 Å². The summed E-state index contributed by atoms with van der Waals surface area (Å²) in [6, 6.07) is 21.0. The number of amides is 1. The number of carbonyl (C=O) groups excluding carboxylic acids is 1. The molecule has 3 heterocycles. The van der Waals surface area contributed by atoms with Crippen molar-refractivity contribution in [3.8, 4) is 0 Å². The Morgan fingerprint density at radius 3 is 2.69 bits per heavy atom. The lowest BCUT2D eigenvalue weighted by atomic mass is 9.90. The van der Waals surface area contributed by atoms with E-state index in [2.05, 4.69) is 58.3 Å². The quantitative estimate of drug-likeness (QED) is 0.691. The summed E-state index contributed by atoms with van der Waals surface area (Å²) in [5.41, 5.74) is 3.23. The molecular formula is C24H26N4O. The number of fused-ring (bicyclic) bond motifs is 1. The molecule has 0 radical (unpaired) electrons. The normalized spacial score (nSPS) is 24.0. The predicted molar refractivity (Wildman–Crippen MR) is 112 cm³/mol. The van der Waals surface area contributed by atoms with Gasteiger partial charge in [0.2, 0.25) is 0 Å². The molecule has 148 valence electrons.